The molecule has 5 nitrogen and oxygen atoms in total. The predicted octanol–water partition coefficient (Wildman–Crippen LogP) is 1.42. The Balaban J connectivity index is 2.58. The van der Waals surface area contributed by atoms with E-state index in [0.29, 0.717) is 11.8 Å². The Labute approximate surface area is 103 Å². The summed E-state index contributed by atoms with van der Waals surface area (Å²) in [6.07, 6.45) is 3.29. The van der Waals surface area contributed by atoms with E-state index in [2.05, 4.69) is 38.0 Å². The fourth-order valence-electron chi connectivity index (χ4n) is 1.72. The Kier molecular flexibility index (Phi) is 5.12. The first-order chi connectivity index (χ1) is 7.99. The molecule has 0 saturated carbocycles. The molecule has 1 aromatic rings. The first-order valence-electron chi connectivity index (χ1n) is 6.11. The van der Waals surface area contributed by atoms with Crippen molar-refractivity contribution < 1.29 is 4.79 Å². The maximum absolute atomic E-state index is 12.1. The summed E-state index contributed by atoms with van der Waals surface area (Å²) in [4.78, 5) is 14.0. The van der Waals surface area contributed by atoms with Crippen LogP contribution in [0.4, 0.5) is 0 Å². The molecule has 1 rings (SSSR count). The largest absolute Gasteiger partial charge is 0.341 e. The van der Waals surface area contributed by atoms with Crippen molar-refractivity contribution in [3.05, 3.63) is 12.4 Å². The van der Waals surface area contributed by atoms with Gasteiger partial charge in [-0.1, -0.05) is 32.9 Å². The van der Waals surface area contributed by atoms with Crippen LogP contribution in [0.5, 0.6) is 0 Å². The summed E-state index contributed by atoms with van der Waals surface area (Å²) in [5, 5.41) is 7.51. The summed E-state index contributed by atoms with van der Waals surface area (Å²) < 4.78 is 1.57. The average Bonchev–Trinajstić information content (AvgIpc) is 2.67. The number of hydrogen-bond acceptors (Lipinski definition) is 3. The number of aromatic nitrogens is 3. The molecule has 0 aliphatic rings. The van der Waals surface area contributed by atoms with Gasteiger partial charge in [0, 0.05) is 19.3 Å². The number of nitrogens with zero attached hydrogens (tertiary/aromatic N) is 4. The van der Waals surface area contributed by atoms with E-state index < -0.39 is 0 Å². The summed E-state index contributed by atoms with van der Waals surface area (Å²) in [5.74, 6) is 1.07. The number of amides is 1. The van der Waals surface area contributed by atoms with Gasteiger partial charge < -0.3 is 4.90 Å². The van der Waals surface area contributed by atoms with E-state index in [9.17, 15) is 4.79 Å². The van der Waals surface area contributed by atoms with E-state index in [0.717, 1.165) is 13.1 Å². The fourth-order valence-corrected chi connectivity index (χ4v) is 1.72. The Hall–Kier alpha value is -1.39. The molecule has 0 unspecified atom stereocenters. The standard InChI is InChI=1S/C12H22N4O/c1-10(2)7-15(8-11(3)4)12(17)9-16-6-5-13-14-16/h5-6,10-11H,7-9H2,1-4H3. The lowest BCUT2D eigenvalue weighted by Gasteiger charge is -2.26. The summed E-state index contributed by atoms with van der Waals surface area (Å²) in [6, 6.07) is 0. The van der Waals surface area contributed by atoms with Crippen LogP contribution in [0.15, 0.2) is 12.4 Å². The molecule has 0 aromatic carbocycles. The van der Waals surface area contributed by atoms with Crippen molar-refractivity contribution in [2.24, 2.45) is 11.8 Å². The zero-order valence-corrected chi connectivity index (χ0v) is 11.1. The average molecular weight is 238 g/mol. The summed E-state index contributed by atoms with van der Waals surface area (Å²) in [7, 11) is 0. The molecule has 1 amide bonds. The van der Waals surface area contributed by atoms with Gasteiger partial charge in [0.25, 0.3) is 0 Å². The number of carbonyl (C=O) groups excluding carboxylic acids is 1. The smallest absolute Gasteiger partial charge is 0.244 e. The first-order valence-corrected chi connectivity index (χ1v) is 6.11. The van der Waals surface area contributed by atoms with E-state index >= 15 is 0 Å². The first kappa shape index (κ1) is 13.7. The molecule has 0 saturated heterocycles. The van der Waals surface area contributed by atoms with Crippen LogP contribution in [0.1, 0.15) is 27.7 Å². The van der Waals surface area contributed by atoms with Gasteiger partial charge in [0.05, 0.1) is 6.20 Å². The fraction of sp³-hybridized carbons (Fsp3) is 0.750. The number of carbonyl (C=O) groups is 1. The van der Waals surface area contributed by atoms with E-state index in [1.807, 2.05) is 4.90 Å². The topological polar surface area (TPSA) is 51.0 Å². The Morgan fingerprint density at radius 2 is 1.82 bits per heavy atom. The van der Waals surface area contributed by atoms with Gasteiger partial charge in [-0.15, -0.1) is 5.10 Å². The van der Waals surface area contributed by atoms with Crippen LogP contribution >= 0.6 is 0 Å². The van der Waals surface area contributed by atoms with Gasteiger partial charge in [-0.05, 0) is 11.8 Å². The molecule has 5 heteroatoms. The van der Waals surface area contributed by atoms with Gasteiger partial charge in [-0.2, -0.15) is 0 Å². The molecule has 0 aliphatic heterocycles. The molecule has 17 heavy (non-hydrogen) atoms. The summed E-state index contributed by atoms with van der Waals surface area (Å²) in [5.41, 5.74) is 0. The van der Waals surface area contributed by atoms with Gasteiger partial charge in [0.1, 0.15) is 6.54 Å². The van der Waals surface area contributed by atoms with Gasteiger partial charge in [0.2, 0.25) is 5.91 Å². The van der Waals surface area contributed by atoms with Gasteiger partial charge in [0.15, 0.2) is 0 Å². The third-order valence-electron chi connectivity index (χ3n) is 2.29. The van der Waals surface area contributed by atoms with Gasteiger partial charge in [-0.25, -0.2) is 4.68 Å². The monoisotopic (exact) mass is 238 g/mol. The summed E-state index contributed by atoms with van der Waals surface area (Å²) >= 11 is 0. The molecule has 1 heterocycles. The minimum atomic E-state index is 0.109. The highest BCUT2D eigenvalue weighted by molar-refractivity contribution is 5.75. The van der Waals surface area contributed by atoms with Crippen molar-refractivity contribution in [2.45, 2.75) is 34.2 Å². The lowest BCUT2D eigenvalue weighted by atomic mass is 10.1. The van der Waals surface area contributed by atoms with Crippen LogP contribution in [0, 0.1) is 11.8 Å². The minimum Gasteiger partial charge on any atom is -0.341 e. The van der Waals surface area contributed by atoms with Crippen molar-refractivity contribution in [2.75, 3.05) is 13.1 Å². The zero-order valence-electron chi connectivity index (χ0n) is 11.1. The molecule has 0 aliphatic carbocycles. The minimum absolute atomic E-state index is 0.109. The second-order valence-electron chi connectivity index (χ2n) is 5.19. The third-order valence-corrected chi connectivity index (χ3v) is 2.29. The number of hydrogen-bond donors (Lipinski definition) is 0. The lowest BCUT2D eigenvalue weighted by Crippen LogP contribution is -2.39. The van der Waals surface area contributed by atoms with Crippen LogP contribution in [0.2, 0.25) is 0 Å². The Bertz CT molecular complexity index is 322. The molecule has 0 bridgehead atoms. The van der Waals surface area contributed by atoms with Crippen LogP contribution in [-0.2, 0) is 11.3 Å². The third kappa shape index (κ3) is 4.97. The van der Waals surface area contributed by atoms with Crippen LogP contribution in [-0.4, -0.2) is 38.9 Å². The molecule has 0 spiro atoms. The molecular formula is C12H22N4O. The Morgan fingerprint density at radius 1 is 1.24 bits per heavy atom. The van der Waals surface area contributed by atoms with Crippen LogP contribution in [0.3, 0.4) is 0 Å². The van der Waals surface area contributed by atoms with Crippen molar-refractivity contribution in [3.63, 3.8) is 0 Å². The normalized spacial score (nSPS) is 11.2. The Morgan fingerprint density at radius 3 is 2.24 bits per heavy atom. The molecule has 0 fully saturated rings. The maximum Gasteiger partial charge on any atom is 0.244 e. The number of rotatable bonds is 6. The van der Waals surface area contributed by atoms with E-state index in [1.165, 1.54) is 0 Å². The highest BCUT2D eigenvalue weighted by atomic mass is 16.2. The lowest BCUT2D eigenvalue weighted by molar-refractivity contribution is -0.133. The van der Waals surface area contributed by atoms with Crippen molar-refractivity contribution in [1.82, 2.24) is 19.9 Å². The van der Waals surface area contributed by atoms with Gasteiger partial charge >= 0.3 is 0 Å². The molecule has 0 radical (unpaired) electrons. The zero-order chi connectivity index (χ0) is 12.8. The quantitative estimate of drug-likeness (QED) is 0.753. The SMILES string of the molecule is CC(C)CN(CC(C)C)C(=O)Cn1ccnn1. The molecule has 0 N–H and O–H groups in total. The van der Waals surface area contributed by atoms with Gasteiger partial charge in [-0.3, -0.25) is 4.79 Å². The van der Waals surface area contributed by atoms with E-state index in [-0.39, 0.29) is 12.5 Å². The van der Waals surface area contributed by atoms with Crippen molar-refractivity contribution >= 4 is 5.91 Å². The molecule has 0 atom stereocenters. The highest BCUT2D eigenvalue weighted by Gasteiger charge is 2.16. The maximum atomic E-state index is 12.1. The van der Waals surface area contributed by atoms with Crippen LogP contribution in [0.25, 0.3) is 0 Å². The molecule has 1 aromatic heterocycles. The van der Waals surface area contributed by atoms with E-state index in [4.69, 9.17) is 0 Å². The van der Waals surface area contributed by atoms with Crippen LogP contribution < -0.4 is 0 Å². The highest BCUT2D eigenvalue weighted by Crippen LogP contribution is 2.05. The molecule has 96 valence electrons. The van der Waals surface area contributed by atoms with Crippen molar-refractivity contribution in [1.29, 1.82) is 0 Å². The van der Waals surface area contributed by atoms with E-state index in [1.54, 1.807) is 17.1 Å². The second kappa shape index (κ2) is 6.37. The summed E-state index contributed by atoms with van der Waals surface area (Å²) in [6.45, 7) is 10.4. The van der Waals surface area contributed by atoms with Crippen molar-refractivity contribution in [3.8, 4) is 0 Å². The second-order valence-corrected chi connectivity index (χ2v) is 5.19. The predicted molar refractivity (Wildman–Crippen MR) is 66.3 cm³/mol. The molecular weight excluding hydrogens is 216 g/mol.